The lowest BCUT2D eigenvalue weighted by atomic mass is 10.3. The maximum Gasteiger partial charge on any atom is 0.263 e. The van der Waals surface area contributed by atoms with Crippen molar-refractivity contribution in [2.24, 2.45) is 0 Å². The summed E-state index contributed by atoms with van der Waals surface area (Å²) in [7, 11) is 0. The van der Waals surface area contributed by atoms with Crippen molar-refractivity contribution in [2.45, 2.75) is 19.8 Å². The predicted octanol–water partition coefficient (Wildman–Crippen LogP) is 2.40. The molecule has 1 aromatic heterocycles. The number of nitrogens with zero attached hydrogens (tertiary/aromatic N) is 1. The highest BCUT2D eigenvalue weighted by atomic mass is 127. The van der Waals surface area contributed by atoms with E-state index in [1.165, 1.54) is 11.3 Å². The van der Waals surface area contributed by atoms with E-state index in [0.717, 1.165) is 34.4 Å². The molecule has 0 aliphatic rings. The normalized spacial score (nSPS) is 10.1. The molecule has 0 aliphatic carbocycles. The lowest BCUT2D eigenvalue weighted by Crippen LogP contribution is -2.24. The van der Waals surface area contributed by atoms with Crippen LogP contribution in [0.5, 0.6) is 0 Å². The molecule has 0 aliphatic heterocycles. The maximum absolute atomic E-state index is 11.5. The Morgan fingerprint density at radius 3 is 3.00 bits per heavy atom. The van der Waals surface area contributed by atoms with Crippen LogP contribution in [0, 0.1) is 6.92 Å². The van der Waals surface area contributed by atoms with Gasteiger partial charge in [-0.05, 0) is 24.2 Å². The monoisotopic (exact) mass is 324 g/mol. The Morgan fingerprint density at radius 2 is 2.43 bits per heavy atom. The van der Waals surface area contributed by atoms with E-state index in [-0.39, 0.29) is 5.91 Å². The number of nitrogens with one attached hydrogen (secondary N) is 1. The molecule has 0 bridgehead atoms. The Kier molecular flexibility index (Phi) is 5.39. The Morgan fingerprint density at radius 1 is 1.64 bits per heavy atom. The summed E-state index contributed by atoms with van der Waals surface area (Å²) in [6.07, 6.45) is 2.20. The van der Waals surface area contributed by atoms with Gasteiger partial charge in [0.25, 0.3) is 5.91 Å². The van der Waals surface area contributed by atoms with Crippen molar-refractivity contribution in [1.29, 1.82) is 0 Å². The van der Waals surface area contributed by atoms with Crippen molar-refractivity contribution in [3.63, 3.8) is 0 Å². The minimum absolute atomic E-state index is 0.0125. The third-order valence-corrected chi connectivity index (χ3v) is 3.49. The summed E-state index contributed by atoms with van der Waals surface area (Å²) in [6.45, 7) is 2.62. The van der Waals surface area contributed by atoms with Crippen molar-refractivity contribution in [2.75, 3.05) is 11.0 Å². The van der Waals surface area contributed by atoms with Crippen LogP contribution in [0.4, 0.5) is 0 Å². The molecule has 0 atom stereocenters. The van der Waals surface area contributed by atoms with Crippen LogP contribution in [0.15, 0.2) is 5.51 Å². The number of hydrogen-bond donors (Lipinski definition) is 1. The van der Waals surface area contributed by atoms with Crippen LogP contribution in [0.2, 0.25) is 0 Å². The Bertz CT molecular complexity index is 301. The van der Waals surface area contributed by atoms with Crippen LogP contribution < -0.4 is 5.32 Å². The van der Waals surface area contributed by atoms with E-state index < -0.39 is 0 Å². The van der Waals surface area contributed by atoms with Crippen LogP contribution in [0.25, 0.3) is 0 Å². The first kappa shape index (κ1) is 11.9. The first-order valence-electron chi connectivity index (χ1n) is 4.50. The van der Waals surface area contributed by atoms with E-state index in [2.05, 4.69) is 32.9 Å². The van der Waals surface area contributed by atoms with Gasteiger partial charge in [0.15, 0.2) is 0 Å². The second-order valence-electron chi connectivity index (χ2n) is 2.92. The molecule has 5 heteroatoms. The Labute approximate surface area is 101 Å². The average molecular weight is 324 g/mol. The van der Waals surface area contributed by atoms with Gasteiger partial charge in [-0.25, -0.2) is 4.98 Å². The van der Waals surface area contributed by atoms with E-state index in [4.69, 9.17) is 0 Å². The van der Waals surface area contributed by atoms with Crippen LogP contribution >= 0.6 is 33.9 Å². The van der Waals surface area contributed by atoms with Gasteiger partial charge in [0.05, 0.1) is 11.2 Å². The number of halogens is 1. The summed E-state index contributed by atoms with van der Waals surface area (Å²) >= 11 is 3.74. The predicted molar refractivity (Wildman–Crippen MR) is 67.3 cm³/mol. The molecule has 1 rings (SSSR count). The fourth-order valence-corrected chi connectivity index (χ4v) is 2.28. The standard InChI is InChI=1S/C9H13IN2OS/c1-7-8(14-6-12-7)9(13)11-5-3-2-4-10/h6H,2-5H2,1H3,(H,11,13). The second-order valence-corrected chi connectivity index (χ2v) is 4.85. The van der Waals surface area contributed by atoms with E-state index in [1.807, 2.05) is 6.92 Å². The highest BCUT2D eigenvalue weighted by Gasteiger charge is 2.09. The summed E-state index contributed by atoms with van der Waals surface area (Å²) < 4.78 is 1.15. The zero-order valence-electron chi connectivity index (χ0n) is 8.05. The second kappa shape index (κ2) is 6.34. The number of aryl methyl sites for hydroxylation is 1. The number of carbonyl (C=O) groups is 1. The molecular weight excluding hydrogens is 311 g/mol. The molecule has 1 N–H and O–H groups in total. The summed E-state index contributed by atoms with van der Waals surface area (Å²) in [4.78, 5) is 16.3. The van der Waals surface area contributed by atoms with Gasteiger partial charge in [0.2, 0.25) is 0 Å². The van der Waals surface area contributed by atoms with Crippen LogP contribution in [0.3, 0.4) is 0 Å². The van der Waals surface area contributed by atoms with Crippen molar-refractivity contribution in [3.05, 3.63) is 16.1 Å². The lowest BCUT2D eigenvalue weighted by Gasteiger charge is -2.02. The zero-order valence-corrected chi connectivity index (χ0v) is 11.0. The molecule has 0 spiro atoms. The third-order valence-electron chi connectivity index (χ3n) is 1.80. The van der Waals surface area contributed by atoms with Gasteiger partial charge in [-0.15, -0.1) is 11.3 Å². The van der Waals surface area contributed by atoms with Crippen molar-refractivity contribution in [3.8, 4) is 0 Å². The molecule has 1 heterocycles. The van der Waals surface area contributed by atoms with Gasteiger partial charge in [0, 0.05) is 6.54 Å². The molecule has 0 unspecified atom stereocenters. The summed E-state index contributed by atoms with van der Waals surface area (Å²) in [5.41, 5.74) is 2.52. The number of rotatable bonds is 5. The highest BCUT2D eigenvalue weighted by molar-refractivity contribution is 14.1. The molecule has 0 saturated carbocycles. The number of thiazole rings is 1. The molecule has 14 heavy (non-hydrogen) atoms. The van der Waals surface area contributed by atoms with Gasteiger partial charge in [0.1, 0.15) is 4.88 Å². The molecule has 1 aromatic rings. The smallest absolute Gasteiger partial charge is 0.263 e. The van der Waals surface area contributed by atoms with Crippen molar-refractivity contribution < 1.29 is 4.79 Å². The average Bonchev–Trinajstić information content (AvgIpc) is 2.59. The highest BCUT2D eigenvalue weighted by Crippen LogP contribution is 2.11. The molecule has 1 amide bonds. The molecule has 0 fully saturated rings. The molecule has 78 valence electrons. The number of alkyl halides is 1. The fourth-order valence-electron chi connectivity index (χ4n) is 1.02. The largest absolute Gasteiger partial charge is 0.351 e. The van der Waals surface area contributed by atoms with Gasteiger partial charge in [-0.2, -0.15) is 0 Å². The van der Waals surface area contributed by atoms with E-state index in [1.54, 1.807) is 5.51 Å². The molecular formula is C9H13IN2OS. The van der Waals surface area contributed by atoms with Crippen molar-refractivity contribution in [1.82, 2.24) is 10.3 Å². The number of hydrogen-bond acceptors (Lipinski definition) is 3. The first-order chi connectivity index (χ1) is 6.75. The van der Waals surface area contributed by atoms with E-state index in [0.29, 0.717) is 0 Å². The number of carbonyl (C=O) groups excluding carboxylic acids is 1. The number of aromatic nitrogens is 1. The van der Waals surface area contributed by atoms with Crippen LogP contribution in [-0.2, 0) is 0 Å². The van der Waals surface area contributed by atoms with Gasteiger partial charge in [-0.1, -0.05) is 22.6 Å². The summed E-state index contributed by atoms with van der Waals surface area (Å²) in [5, 5.41) is 2.89. The molecule has 0 saturated heterocycles. The first-order valence-corrected chi connectivity index (χ1v) is 6.90. The molecule has 0 aromatic carbocycles. The third kappa shape index (κ3) is 3.53. The maximum atomic E-state index is 11.5. The molecule has 3 nitrogen and oxygen atoms in total. The minimum Gasteiger partial charge on any atom is -0.351 e. The van der Waals surface area contributed by atoms with Gasteiger partial charge >= 0.3 is 0 Å². The molecule has 0 radical (unpaired) electrons. The quantitative estimate of drug-likeness (QED) is 0.513. The minimum atomic E-state index is 0.0125. The zero-order chi connectivity index (χ0) is 10.4. The topological polar surface area (TPSA) is 42.0 Å². The fraction of sp³-hybridized carbons (Fsp3) is 0.556. The summed E-state index contributed by atoms with van der Waals surface area (Å²) in [6, 6.07) is 0. The SMILES string of the molecule is Cc1ncsc1C(=O)NCCCCI. The van der Waals surface area contributed by atoms with Gasteiger partial charge < -0.3 is 5.32 Å². The van der Waals surface area contributed by atoms with Crippen molar-refractivity contribution >= 4 is 39.8 Å². The van der Waals surface area contributed by atoms with E-state index in [9.17, 15) is 4.79 Å². The Hall–Kier alpha value is -0.170. The van der Waals surface area contributed by atoms with Crippen LogP contribution in [0.1, 0.15) is 28.2 Å². The van der Waals surface area contributed by atoms with Gasteiger partial charge in [-0.3, -0.25) is 4.79 Å². The summed E-state index contributed by atoms with van der Waals surface area (Å²) in [5.74, 6) is 0.0125. The van der Waals surface area contributed by atoms with Crippen LogP contribution in [-0.4, -0.2) is 21.9 Å². The number of amides is 1. The Balaban J connectivity index is 2.32. The van der Waals surface area contributed by atoms with E-state index >= 15 is 0 Å². The lowest BCUT2D eigenvalue weighted by molar-refractivity contribution is 0.0956. The number of unbranched alkanes of at least 4 members (excludes halogenated alkanes) is 1.